The van der Waals surface area contributed by atoms with Crippen LogP contribution >= 0.6 is 11.3 Å². The van der Waals surface area contributed by atoms with Gasteiger partial charge in [0.25, 0.3) is 11.6 Å². The van der Waals surface area contributed by atoms with E-state index in [4.69, 9.17) is 4.42 Å². The molecule has 0 aliphatic carbocycles. The molecule has 10 heteroatoms. The molecular weight excluding hydrogens is 454 g/mol. The molecule has 34 heavy (non-hydrogen) atoms. The molecule has 0 aliphatic rings. The van der Waals surface area contributed by atoms with Crippen LogP contribution in [0.15, 0.2) is 64.6 Å². The fourth-order valence-corrected chi connectivity index (χ4v) is 4.04. The molecule has 0 spiro atoms. The van der Waals surface area contributed by atoms with Crippen LogP contribution in [-0.4, -0.2) is 21.0 Å². The Morgan fingerprint density at radius 1 is 1.12 bits per heavy atom. The normalized spacial score (nSPS) is 11.1. The molecule has 0 saturated carbocycles. The van der Waals surface area contributed by atoms with Gasteiger partial charge in [-0.3, -0.25) is 20.2 Å². The molecule has 4 aromatic rings. The van der Waals surface area contributed by atoms with Gasteiger partial charge in [0.15, 0.2) is 0 Å². The fourth-order valence-electron chi connectivity index (χ4n) is 3.21. The summed E-state index contributed by atoms with van der Waals surface area (Å²) in [5, 5.41) is 32.2. The van der Waals surface area contributed by atoms with Crippen molar-refractivity contribution in [3.8, 4) is 28.0 Å². The van der Waals surface area contributed by atoms with Crippen molar-refractivity contribution in [1.82, 2.24) is 10.2 Å². The Balaban J connectivity index is 1.54. The van der Waals surface area contributed by atoms with Crippen LogP contribution in [0.5, 0.6) is 0 Å². The van der Waals surface area contributed by atoms with Crippen molar-refractivity contribution in [1.29, 1.82) is 5.26 Å². The van der Waals surface area contributed by atoms with Crippen molar-refractivity contribution >= 4 is 34.1 Å². The third kappa shape index (κ3) is 4.74. The van der Waals surface area contributed by atoms with Crippen molar-refractivity contribution in [3.05, 3.63) is 87.2 Å². The summed E-state index contributed by atoms with van der Waals surface area (Å²) in [6.07, 6.45) is 1.30. The van der Waals surface area contributed by atoms with E-state index in [2.05, 4.69) is 15.5 Å². The predicted octanol–water partition coefficient (Wildman–Crippen LogP) is 5.54. The summed E-state index contributed by atoms with van der Waals surface area (Å²) in [4.78, 5) is 23.2. The molecule has 0 atom stereocenters. The number of hydrogen-bond donors (Lipinski definition) is 1. The van der Waals surface area contributed by atoms with Crippen LogP contribution in [0.3, 0.4) is 0 Å². The van der Waals surface area contributed by atoms with Crippen LogP contribution in [0.2, 0.25) is 0 Å². The van der Waals surface area contributed by atoms with Crippen LogP contribution in [0, 0.1) is 35.3 Å². The number of non-ortho nitro benzene ring substituents is 1. The van der Waals surface area contributed by atoms with Crippen LogP contribution in [0.25, 0.3) is 28.0 Å². The molecule has 0 radical (unpaired) electrons. The number of nitro benzene ring substituents is 1. The molecule has 0 unspecified atom stereocenters. The summed E-state index contributed by atoms with van der Waals surface area (Å²) >= 11 is 1.20. The lowest BCUT2D eigenvalue weighted by Crippen LogP contribution is -2.13. The topological polar surface area (TPSA) is 135 Å². The second-order valence-electron chi connectivity index (χ2n) is 7.31. The number of furan rings is 1. The highest BCUT2D eigenvalue weighted by molar-refractivity contribution is 7.18. The number of hydrogen-bond acceptors (Lipinski definition) is 8. The van der Waals surface area contributed by atoms with Gasteiger partial charge in [-0.1, -0.05) is 41.7 Å². The van der Waals surface area contributed by atoms with Crippen molar-refractivity contribution in [2.75, 3.05) is 5.32 Å². The van der Waals surface area contributed by atoms with E-state index in [0.717, 1.165) is 16.7 Å². The maximum Gasteiger partial charge on any atom is 0.270 e. The third-order valence-corrected chi connectivity index (χ3v) is 5.87. The average molecular weight is 471 g/mol. The Hall–Kier alpha value is -4.62. The number of benzene rings is 2. The maximum absolute atomic E-state index is 12.6. The minimum Gasteiger partial charge on any atom is -0.457 e. The molecule has 2 aromatic heterocycles. The minimum atomic E-state index is -0.653. The number of nitro groups is 1. The fraction of sp³-hybridized carbons (Fsp3) is 0.0833. The molecule has 1 amide bonds. The maximum atomic E-state index is 12.6. The number of nitrogens with one attached hydrogen (secondary N) is 1. The number of aromatic nitrogens is 2. The highest BCUT2D eigenvalue weighted by Gasteiger charge is 2.16. The van der Waals surface area contributed by atoms with E-state index in [1.165, 1.54) is 29.5 Å². The molecule has 4 rings (SSSR count). The Bertz CT molecular complexity index is 1480. The summed E-state index contributed by atoms with van der Waals surface area (Å²) in [7, 11) is 0. The van der Waals surface area contributed by atoms with Crippen molar-refractivity contribution in [3.63, 3.8) is 0 Å². The highest BCUT2D eigenvalue weighted by Crippen LogP contribution is 2.31. The Morgan fingerprint density at radius 2 is 1.88 bits per heavy atom. The van der Waals surface area contributed by atoms with E-state index >= 15 is 0 Å². The van der Waals surface area contributed by atoms with Gasteiger partial charge in [0.05, 0.1) is 4.92 Å². The van der Waals surface area contributed by atoms with Crippen molar-refractivity contribution in [2.45, 2.75) is 13.8 Å². The largest absolute Gasteiger partial charge is 0.457 e. The number of amides is 1. The average Bonchev–Trinajstić information content (AvgIpc) is 3.47. The van der Waals surface area contributed by atoms with E-state index in [-0.39, 0.29) is 22.2 Å². The highest BCUT2D eigenvalue weighted by atomic mass is 32.1. The minimum absolute atomic E-state index is 0.0618. The number of carbonyl (C=O) groups excluding carboxylic acids is 1. The number of nitrogens with zero attached hydrogens (tertiary/aromatic N) is 4. The van der Waals surface area contributed by atoms with Crippen LogP contribution in [-0.2, 0) is 4.79 Å². The van der Waals surface area contributed by atoms with Gasteiger partial charge in [0, 0.05) is 29.3 Å². The van der Waals surface area contributed by atoms with Crippen LogP contribution in [0.1, 0.15) is 16.9 Å². The third-order valence-electron chi connectivity index (χ3n) is 5.00. The standard InChI is InChI=1S/C24H17N5O4S/c1-14-5-3-4-6-19(14)23-27-28-24(34-23)26-22(30)16(13-25)11-18-9-10-21(33-18)20-12-17(29(31)32)8-7-15(20)2/h3-12H,1-2H3,(H,26,28,30)/b16-11-. The zero-order chi connectivity index (χ0) is 24.2. The quantitative estimate of drug-likeness (QED) is 0.169. The van der Waals surface area contributed by atoms with Crippen LogP contribution in [0.4, 0.5) is 10.8 Å². The van der Waals surface area contributed by atoms with Crippen LogP contribution < -0.4 is 5.32 Å². The van der Waals surface area contributed by atoms with E-state index < -0.39 is 10.8 Å². The predicted molar refractivity (Wildman–Crippen MR) is 128 cm³/mol. The second-order valence-corrected chi connectivity index (χ2v) is 8.29. The number of anilines is 1. The SMILES string of the molecule is Cc1ccc([N+](=O)[O-])cc1-c1ccc(/C=C(/C#N)C(=O)Nc2nnc(-c3ccccc3C)s2)o1. The van der Waals surface area contributed by atoms with Crippen molar-refractivity contribution in [2.24, 2.45) is 0 Å². The lowest BCUT2D eigenvalue weighted by atomic mass is 10.1. The van der Waals surface area contributed by atoms with Crippen molar-refractivity contribution < 1.29 is 14.1 Å². The number of carbonyl (C=O) groups is 1. The van der Waals surface area contributed by atoms with Gasteiger partial charge < -0.3 is 4.42 Å². The van der Waals surface area contributed by atoms with E-state index in [1.807, 2.05) is 37.3 Å². The summed E-state index contributed by atoms with van der Waals surface area (Å²) in [6.45, 7) is 3.76. The Labute approximate surface area is 198 Å². The molecule has 1 N–H and O–H groups in total. The van der Waals surface area contributed by atoms with Gasteiger partial charge in [0.1, 0.15) is 28.2 Å². The summed E-state index contributed by atoms with van der Waals surface area (Å²) in [5.41, 5.74) is 3.03. The van der Waals surface area contributed by atoms with Gasteiger partial charge in [0.2, 0.25) is 5.13 Å². The monoisotopic (exact) mass is 471 g/mol. The molecule has 168 valence electrons. The molecule has 0 aliphatic heterocycles. The first-order valence-electron chi connectivity index (χ1n) is 10.0. The first kappa shape index (κ1) is 22.6. The molecule has 2 heterocycles. The first-order valence-corrected chi connectivity index (χ1v) is 10.9. The van der Waals surface area contributed by atoms with Gasteiger partial charge in [-0.25, -0.2) is 0 Å². The molecular formula is C24H17N5O4S. The lowest BCUT2D eigenvalue weighted by molar-refractivity contribution is -0.384. The zero-order valence-electron chi connectivity index (χ0n) is 18.1. The van der Waals surface area contributed by atoms with Gasteiger partial charge in [-0.2, -0.15) is 5.26 Å². The molecule has 9 nitrogen and oxygen atoms in total. The van der Waals surface area contributed by atoms with E-state index in [1.54, 1.807) is 25.1 Å². The molecule has 2 aromatic carbocycles. The van der Waals surface area contributed by atoms with E-state index in [9.17, 15) is 20.2 Å². The lowest BCUT2D eigenvalue weighted by Gasteiger charge is -2.02. The van der Waals surface area contributed by atoms with Gasteiger partial charge in [-0.15, -0.1) is 10.2 Å². The Morgan fingerprint density at radius 3 is 2.62 bits per heavy atom. The smallest absolute Gasteiger partial charge is 0.270 e. The summed E-state index contributed by atoms with van der Waals surface area (Å²) < 4.78 is 5.74. The molecule has 0 fully saturated rings. The number of aryl methyl sites for hydroxylation is 2. The van der Waals surface area contributed by atoms with Gasteiger partial charge >= 0.3 is 0 Å². The van der Waals surface area contributed by atoms with E-state index in [0.29, 0.717) is 16.3 Å². The Kier molecular flexibility index (Phi) is 6.29. The first-order chi connectivity index (χ1) is 16.4. The molecule has 0 bridgehead atoms. The summed E-state index contributed by atoms with van der Waals surface area (Å²) in [5.74, 6) is -0.0120. The second kappa shape index (κ2) is 9.48. The number of rotatable bonds is 6. The van der Waals surface area contributed by atoms with Gasteiger partial charge in [-0.05, 0) is 37.1 Å². The zero-order valence-corrected chi connectivity index (χ0v) is 18.9. The summed E-state index contributed by atoms with van der Waals surface area (Å²) in [6, 6.07) is 17.2. The molecule has 0 saturated heterocycles. The number of nitriles is 1.